The van der Waals surface area contributed by atoms with Gasteiger partial charge in [0.05, 0.1) is 18.3 Å². The van der Waals surface area contributed by atoms with Gasteiger partial charge in [0.25, 0.3) is 11.5 Å². The Balaban J connectivity index is 1.69. The number of fused-ring (bicyclic) bond motifs is 3. The molecule has 0 N–H and O–H groups in total. The fourth-order valence-electron chi connectivity index (χ4n) is 3.70. The van der Waals surface area contributed by atoms with Gasteiger partial charge in [-0.15, -0.1) is 11.3 Å². The Morgan fingerprint density at radius 1 is 1.30 bits per heavy atom. The van der Waals surface area contributed by atoms with E-state index in [1.165, 1.54) is 0 Å². The predicted molar refractivity (Wildman–Crippen MR) is 108 cm³/mol. The van der Waals surface area contributed by atoms with Crippen molar-refractivity contribution in [2.75, 3.05) is 6.54 Å². The van der Waals surface area contributed by atoms with Crippen molar-refractivity contribution in [3.05, 3.63) is 62.5 Å². The van der Waals surface area contributed by atoms with Gasteiger partial charge in [-0.05, 0) is 36.5 Å². The van der Waals surface area contributed by atoms with Crippen molar-refractivity contribution in [1.82, 2.24) is 14.5 Å². The van der Waals surface area contributed by atoms with Crippen molar-refractivity contribution in [3.63, 3.8) is 0 Å². The number of aryl methyl sites for hydroxylation is 1. The minimum Gasteiger partial charge on any atom is -0.333 e. The summed E-state index contributed by atoms with van der Waals surface area (Å²) in [6.45, 7) is 7.99. The van der Waals surface area contributed by atoms with Crippen LogP contribution in [-0.2, 0) is 19.5 Å². The van der Waals surface area contributed by atoms with Crippen LogP contribution in [0, 0.1) is 12.8 Å². The van der Waals surface area contributed by atoms with Crippen molar-refractivity contribution in [2.24, 2.45) is 5.92 Å². The fraction of sp³-hybridized carbons (Fsp3) is 0.381. The van der Waals surface area contributed by atoms with Crippen molar-refractivity contribution in [3.8, 4) is 0 Å². The maximum absolute atomic E-state index is 12.9. The van der Waals surface area contributed by atoms with E-state index in [4.69, 9.17) is 0 Å². The van der Waals surface area contributed by atoms with E-state index in [0.29, 0.717) is 32.0 Å². The molecule has 1 aromatic carbocycles. The minimum atomic E-state index is 0.0462. The van der Waals surface area contributed by atoms with Gasteiger partial charge in [0, 0.05) is 23.5 Å². The Bertz CT molecular complexity index is 1080. The second kappa shape index (κ2) is 6.93. The normalized spacial score (nSPS) is 14.0. The minimum absolute atomic E-state index is 0.0462. The van der Waals surface area contributed by atoms with Gasteiger partial charge in [0.15, 0.2) is 0 Å². The average Bonchev–Trinajstić information content (AvgIpc) is 3.02. The van der Waals surface area contributed by atoms with Gasteiger partial charge in [-0.1, -0.05) is 32.0 Å². The lowest BCUT2D eigenvalue weighted by molar-refractivity contribution is 0.0736. The molecule has 0 bridgehead atoms. The molecule has 4 rings (SSSR count). The highest BCUT2D eigenvalue weighted by Crippen LogP contribution is 2.33. The third-order valence-electron chi connectivity index (χ3n) is 5.05. The van der Waals surface area contributed by atoms with Gasteiger partial charge < -0.3 is 4.90 Å². The monoisotopic (exact) mass is 381 g/mol. The summed E-state index contributed by atoms with van der Waals surface area (Å²) < 4.78 is 1.71. The van der Waals surface area contributed by atoms with Crippen LogP contribution in [0.1, 0.15) is 40.2 Å². The van der Waals surface area contributed by atoms with Gasteiger partial charge in [-0.2, -0.15) is 0 Å². The van der Waals surface area contributed by atoms with Crippen LogP contribution in [0.25, 0.3) is 10.2 Å². The lowest BCUT2D eigenvalue weighted by Crippen LogP contribution is -2.36. The summed E-state index contributed by atoms with van der Waals surface area (Å²) in [5, 5.41) is 0.751. The van der Waals surface area contributed by atoms with E-state index in [0.717, 1.165) is 31.8 Å². The molecule has 0 spiro atoms. The Morgan fingerprint density at radius 3 is 2.81 bits per heavy atom. The first kappa shape index (κ1) is 17.9. The van der Waals surface area contributed by atoms with E-state index >= 15 is 0 Å². The summed E-state index contributed by atoms with van der Waals surface area (Å²) >= 11 is 1.54. The maximum atomic E-state index is 12.9. The summed E-state index contributed by atoms with van der Waals surface area (Å²) in [6.07, 6.45) is 2.36. The van der Waals surface area contributed by atoms with Crippen molar-refractivity contribution < 1.29 is 4.79 Å². The van der Waals surface area contributed by atoms with Crippen molar-refractivity contribution >= 4 is 27.5 Å². The highest BCUT2D eigenvalue weighted by atomic mass is 32.1. The molecule has 2 aromatic heterocycles. The summed E-state index contributed by atoms with van der Waals surface area (Å²) in [5.74, 6) is 0.444. The lowest BCUT2D eigenvalue weighted by atomic mass is 10.0. The van der Waals surface area contributed by atoms with E-state index in [1.807, 2.05) is 36.1 Å². The summed E-state index contributed by atoms with van der Waals surface area (Å²) in [7, 11) is 0. The molecular formula is C21H23N3O2S. The van der Waals surface area contributed by atoms with E-state index < -0.39 is 0 Å². The fourth-order valence-corrected chi connectivity index (χ4v) is 4.89. The molecule has 3 aromatic rings. The molecule has 27 heavy (non-hydrogen) atoms. The molecule has 0 aliphatic carbocycles. The Labute approximate surface area is 162 Å². The molecule has 1 amide bonds. The van der Waals surface area contributed by atoms with E-state index in [2.05, 4.69) is 18.8 Å². The molecule has 0 saturated carbocycles. The number of thiophene rings is 1. The Kier molecular flexibility index (Phi) is 4.60. The van der Waals surface area contributed by atoms with Gasteiger partial charge in [-0.25, -0.2) is 4.98 Å². The number of nitrogens with zero attached hydrogens (tertiary/aromatic N) is 3. The van der Waals surface area contributed by atoms with E-state index in [-0.39, 0.29) is 11.5 Å². The van der Waals surface area contributed by atoms with Gasteiger partial charge in [-0.3, -0.25) is 14.2 Å². The smallest absolute Gasteiger partial charge is 0.262 e. The van der Waals surface area contributed by atoms with Crippen LogP contribution < -0.4 is 5.56 Å². The quantitative estimate of drug-likeness (QED) is 0.696. The molecule has 140 valence electrons. The van der Waals surface area contributed by atoms with E-state index in [9.17, 15) is 9.59 Å². The SMILES string of the molecule is Cc1ccccc1C(=O)N1CCc2c(sc3ncn(CC(C)C)c(=O)c23)C1. The van der Waals surface area contributed by atoms with Crippen molar-refractivity contribution in [1.29, 1.82) is 0 Å². The maximum Gasteiger partial charge on any atom is 0.262 e. The largest absolute Gasteiger partial charge is 0.333 e. The number of amides is 1. The molecule has 3 heterocycles. The van der Waals surface area contributed by atoms with Gasteiger partial charge in [0.2, 0.25) is 0 Å². The Hall–Kier alpha value is -2.47. The third-order valence-corrected chi connectivity index (χ3v) is 6.18. The number of hydrogen-bond donors (Lipinski definition) is 0. The van der Waals surface area contributed by atoms with Gasteiger partial charge >= 0.3 is 0 Å². The second-order valence-electron chi connectivity index (χ2n) is 7.57. The molecule has 1 aliphatic heterocycles. The third kappa shape index (κ3) is 3.18. The summed E-state index contributed by atoms with van der Waals surface area (Å²) in [4.78, 5) is 34.1. The molecular weight excluding hydrogens is 358 g/mol. The van der Waals surface area contributed by atoms with Crippen LogP contribution >= 0.6 is 11.3 Å². The van der Waals surface area contributed by atoms with Gasteiger partial charge in [0.1, 0.15) is 4.83 Å². The summed E-state index contributed by atoms with van der Waals surface area (Å²) in [6, 6.07) is 7.68. The molecule has 0 unspecified atom stereocenters. The van der Waals surface area contributed by atoms with Crippen LogP contribution in [0.5, 0.6) is 0 Å². The first-order chi connectivity index (χ1) is 13.0. The number of aromatic nitrogens is 2. The van der Waals surface area contributed by atoms with Crippen LogP contribution in [-0.4, -0.2) is 26.9 Å². The summed E-state index contributed by atoms with van der Waals surface area (Å²) in [5.41, 5.74) is 2.87. The van der Waals surface area contributed by atoms with E-state index in [1.54, 1.807) is 22.2 Å². The number of carbonyl (C=O) groups excluding carboxylic acids is 1. The van der Waals surface area contributed by atoms with Crippen LogP contribution in [0.4, 0.5) is 0 Å². The molecule has 0 saturated heterocycles. The first-order valence-electron chi connectivity index (χ1n) is 9.30. The molecule has 0 atom stereocenters. The second-order valence-corrected chi connectivity index (χ2v) is 8.66. The molecule has 0 fully saturated rings. The molecule has 0 radical (unpaired) electrons. The zero-order valence-corrected chi connectivity index (χ0v) is 16.7. The average molecular weight is 382 g/mol. The topological polar surface area (TPSA) is 55.2 Å². The standard InChI is InChI=1S/C21H23N3O2S/c1-13(2)10-24-12-22-19-18(21(24)26)16-8-9-23(11-17(16)27-19)20(25)15-7-5-4-6-14(15)3/h4-7,12-13H,8-11H2,1-3H3. The molecule has 5 nitrogen and oxygen atoms in total. The number of carbonyl (C=O) groups is 1. The zero-order chi connectivity index (χ0) is 19.1. The first-order valence-corrected chi connectivity index (χ1v) is 10.1. The lowest BCUT2D eigenvalue weighted by Gasteiger charge is -2.27. The number of hydrogen-bond acceptors (Lipinski definition) is 4. The number of benzene rings is 1. The highest BCUT2D eigenvalue weighted by Gasteiger charge is 2.27. The van der Waals surface area contributed by atoms with Crippen LogP contribution in [0.2, 0.25) is 0 Å². The zero-order valence-electron chi connectivity index (χ0n) is 15.9. The van der Waals surface area contributed by atoms with Crippen molar-refractivity contribution in [2.45, 2.75) is 40.3 Å². The number of rotatable bonds is 3. The predicted octanol–water partition coefficient (Wildman–Crippen LogP) is 3.62. The highest BCUT2D eigenvalue weighted by molar-refractivity contribution is 7.18. The molecule has 1 aliphatic rings. The Morgan fingerprint density at radius 2 is 2.07 bits per heavy atom. The van der Waals surface area contributed by atoms with Crippen LogP contribution in [0.15, 0.2) is 35.4 Å². The molecule has 6 heteroatoms. The van der Waals surface area contributed by atoms with Crippen LogP contribution in [0.3, 0.4) is 0 Å².